The van der Waals surface area contributed by atoms with Gasteiger partial charge in [-0.25, -0.2) is 5.01 Å². The second-order valence-corrected chi connectivity index (χ2v) is 3.65. The Kier molecular flexibility index (Phi) is 5.09. The third kappa shape index (κ3) is 3.75. The van der Waals surface area contributed by atoms with Crippen molar-refractivity contribution in [3.8, 4) is 6.19 Å². The van der Waals surface area contributed by atoms with Crippen LogP contribution in [0.1, 0.15) is 5.56 Å². The smallest absolute Gasteiger partial charge is 0.208 e. The number of amidine groups is 1. The number of hydrazone groups is 1. The molecule has 0 aliphatic heterocycles. The van der Waals surface area contributed by atoms with Crippen LogP contribution < -0.4 is 0 Å². The Hall–Kier alpha value is -1.80. The molecule has 0 bridgehead atoms. The molecule has 0 heterocycles. The highest BCUT2D eigenvalue weighted by Gasteiger charge is 2.01. The third-order valence-electron chi connectivity index (χ3n) is 1.78. The maximum absolute atomic E-state index is 8.47. The minimum Gasteiger partial charge on any atom is -0.245 e. The van der Waals surface area contributed by atoms with Gasteiger partial charge in [0.2, 0.25) is 6.19 Å². The number of hydrogen-bond acceptors (Lipinski definition) is 4. The van der Waals surface area contributed by atoms with E-state index in [2.05, 4.69) is 10.1 Å². The molecular weight excluding hydrogens is 220 g/mol. The van der Waals surface area contributed by atoms with Crippen LogP contribution in [0.2, 0.25) is 0 Å². The molecule has 0 unspecified atom stereocenters. The first-order valence-corrected chi connectivity index (χ1v) is 5.84. The SMILES string of the molecule is CSC(=NC#N)N(C)N=Cc1ccccc1. The molecule has 0 spiro atoms. The van der Waals surface area contributed by atoms with Crippen molar-refractivity contribution in [2.75, 3.05) is 13.3 Å². The van der Waals surface area contributed by atoms with Gasteiger partial charge in [0.1, 0.15) is 0 Å². The molecule has 16 heavy (non-hydrogen) atoms. The lowest BCUT2D eigenvalue weighted by Gasteiger charge is -2.11. The highest BCUT2D eigenvalue weighted by Crippen LogP contribution is 2.03. The van der Waals surface area contributed by atoms with E-state index in [1.165, 1.54) is 11.8 Å². The Balaban J connectivity index is 2.71. The predicted molar refractivity (Wildman–Crippen MR) is 68.4 cm³/mol. The van der Waals surface area contributed by atoms with Gasteiger partial charge in [0, 0.05) is 7.05 Å². The fourth-order valence-electron chi connectivity index (χ4n) is 1.03. The van der Waals surface area contributed by atoms with Crippen LogP contribution in [0.25, 0.3) is 0 Å². The van der Waals surface area contributed by atoms with Gasteiger partial charge in [-0.05, 0) is 11.8 Å². The maximum Gasteiger partial charge on any atom is 0.208 e. The minimum atomic E-state index is 0.565. The second kappa shape index (κ2) is 6.64. The zero-order chi connectivity index (χ0) is 11.8. The van der Waals surface area contributed by atoms with Crippen LogP contribution in [-0.4, -0.2) is 29.7 Å². The Bertz CT molecular complexity index is 419. The molecule has 1 aromatic carbocycles. The topological polar surface area (TPSA) is 51.8 Å². The minimum absolute atomic E-state index is 0.565. The monoisotopic (exact) mass is 232 g/mol. The molecule has 1 rings (SSSR count). The van der Waals surface area contributed by atoms with Gasteiger partial charge in [-0.2, -0.15) is 10.4 Å². The van der Waals surface area contributed by atoms with Crippen molar-refractivity contribution < 1.29 is 0 Å². The summed E-state index contributed by atoms with van der Waals surface area (Å²) in [5.41, 5.74) is 1.01. The Morgan fingerprint density at radius 2 is 2.12 bits per heavy atom. The van der Waals surface area contributed by atoms with Gasteiger partial charge in [0.25, 0.3) is 0 Å². The summed E-state index contributed by atoms with van der Waals surface area (Å²) < 4.78 is 0. The summed E-state index contributed by atoms with van der Waals surface area (Å²) in [6.45, 7) is 0. The fraction of sp³-hybridized carbons (Fsp3) is 0.182. The summed E-state index contributed by atoms with van der Waals surface area (Å²) in [7, 11) is 1.76. The highest BCUT2D eigenvalue weighted by molar-refractivity contribution is 8.13. The fourth-order valence-corrected chi connectivity index (χ4v) is 1.48. The molecule has 0 amide bonds. The van der Waals surface area contributed by atoms with E-state index in [1.54, 1.807) is 24.5 Å². The van der Waals surface area contributed by atoms with Crippen LogP contribution >= 0.6 is 11.8 Å². The zero-order valence-electron chi connectivity index (χ0n) is 9.16. The van der Waals surface area contributed by atoms with Gasteiger partial charge in [0.05, 0.1) is 6.21 Å². The van der Waals surface area contributed by atoms with E-state index in [1.807, 2.05) is 36.6 Å². The van der Waals surface area contributed by atoms with Crippen LogP contribution in [0, 0.1) is 11.5 Å². The highest BCUT2D eigenvalue weighted by atomic mass is 32.2. The molecule has 4 nitrogen and oxygen atoms in total. The molecule has 82 valence electrons. The quantitative estimate of drug-likeness (QED) is 0.340. The number of rotatable bonds is 2. The number of thioether (sulfide) groups is 1. The van der Waals surface area contributed by atoms with Gasteiger partial charge >= 0.3 is 0 Å². The molecule has 0 saturated carbocycles. The number of aliphatic imine (C=N–C) groups is 1. The summed E-state index contributed by atoms with van der Waals surface area (Å²) in [6.07, 6.45) is 5.33. The normalized spacial score (nSPS) is 11.4. The number of nitrogens with zero attached hydrogens (tertiary/aromatic N) is 4. The molecule has 1 aromatic rings. The zero-order valence-corrected chi connectivity index (χ0v) is 9.98. The van der Waals surface area contributed by atoms with Crippen molar-refractivity contribution in [1.82, 2.24) is 5.01 Å². The van der Waals surface area contributed by atoms with E-state index >= 15 is 0 Å². The van der Waals surface area contributed by atoms with E-state index in [0.29, 0.717) is 5.17 Å². The lowest BCUT2D eigenvalue weighted by molar-refractivity contribution is 0.559. The van der Waals surface area contributed by atoms with Crippen LogP contribution in [0.15, 0.2) is 40.4 Å². The molecule has 0 aromatic heterocycles. The van der Waals surface area contributed by atoms with Crippen molar-refractivity contribution in [3.63, 3.8) is 0 Å². The third-order valence-corrected chi connectivity index (χ3v) is 2.51. The first kappa shape index (κ1) is 12.3. The summed E-state index contributed by atoms with van der Waals surface area (Å²) >= 11 is 1.38. The Labute approximate surface area is 99.3 Å². The van der Waals surface area contributed by atoms with E-state index in [9.17, 15) is 0 Å². The number of hydrogen-bond donors (Lipinski definition) is 0. The van der Waals surface area contributed by atoms with Gasteiger partial charge < -0.3 is 0 Å². The van der Waals surface area contributed by atoms with Crippen molar-refractivity contribution in [2.45, 2.75) is 0 Å². The van der Waals surface area contributed by atoms with Gasteiger partial charge in [-0.15, -0.1) is 4.99 Å². The first-order chi connectivity index (χ1) is 7.77. The second-order valence-electron chi connectivity index (χ2n) is 2.88. The van der Waals surface area contributed by atoms with Crippen molar-refractivity contribution >= 4 is 23.1 Å². The van der Waals surface area contributed by atoms with Crippen LogP contribution in [0.5, 0.6) is 0 Å². The number of nitriles is 1. The summed E-state index contributed by atoms with van der Waals surface area (Å²) in [6, 6.07) is 9.75. The van der Waals surface area contributed by atoms with Crippen molar-refractivity contribution in [2.24, 2.45) is 10.1 Å². The van der Waals surface area contributed by atoms with E-state index in [4.69, 9.17) is 5.26 Å². The van der Waals surface area contributed by atoms with Gasteiger partial charge in [-0.1, -0.05) is 42.1 Å². The Morgan fingerprint density at radius 3 is 2.69 bits per heavy atom. The van der Waals surface area contributed by atoms with Crippen LogP contribution in [0.4, 0.5) is 0 Å². The average Bonchev–Trinajstić information content (AvgIpc) is 2.34. The molecule has 0 saturated heterocycles. The van der Waals surface area contributed by atoms with Crippen molar-refractivity contribution in [1.29, 1.82) is 5.26 Å². The lowest BCUT2D eigenvalue weighted by Crippen LogP contribution is -2.17. The molecule has 0 radical (unpaired) electrons. The maximum atomic E-state index is 8.47. The first-order valence-electron chi connectivity index (χ1n) is 4.61. The van der Waals surface area contributed by atoms with Gasteiger partial charge in [-0.3, -0.25) is 0 Å². The Morgan fingerprint density at radius 1 is 1.44 bits per heavy atom. The molecule has 0 aliphatic carbocycles. The number of benzene rings is 1. The average molecular weight is 232 g/mol. The molecule has 0 N–H and O–H groups in total. The summed E-state index contributed by atoms with van der Waals surface area (Å²) in [4.78, 5) is 3.65. The molecular formula is C11H12N4S. The molecule has 0 atom stereocenters. The molecule has 0 fully saturated rings. The summed E-state index contributed by atoms with van der Waals surface area (Å²) in [5.74, 6) is 0. The molecule has 0 aliphatic rings. The van der Waals surface area contributed by atoms with E-state index < -0.39 is 0 Å². The van der Waals surface area contributed by atoms with E-state index in [0.717, 1.165) is 5.56 Å². The van der Waals surface area contributed by atoms with Crippen LogP contribution in [-0.2, 0) is 0 Å². The standard InChI is InChI=1S/C11H12N4S/c1-15(11(16-2)13-9-12)14-8-10-6-4-3-5-7-10/h3-8H,1-2H3. The predicted octanol–water partition coefficient (Wildman–Crippen LogP) is 2.15. The van der Waals surface area contributed by atoms with Crippen molar-refractivity contribution in [3.05, 3.63) is 35.9 Å². The van der Waals surface area contributed by atoms with Crippen LogP contribution in [0.3, 0.4) is 0 Å². The summed E-state index contributed by atoms with van der Waals surface area (Å²) in [5, 5.41) is 14.8. The largest absolute Gasteiger partial charge is 0.245 e. The molecule has 5 heteroatoms. The van der Waals surface area contributed by atoms with E-state index in [-0.39, 0.29) is 0 Å². The van der Waals surface area contributed by atoms with Gasteiger partial charge in [0.15, 0.2) is 5.17 Å². The lowest BCUT2D eigenvalue weighted by atomic mass is 10.2.